The molecule has 1 unspecified atom stereocenters. The molecule has 0 radical (unpaired) electrons. The van der Waals surface area contributed by atoms with Gasteiger partial charge in [-0.1, -0.05) is 54.8 Å². The quantitative estimate of drug-likeness (QED) is 0.182. The van der Waals surface area contributed by atoms with E-state index in [4.69, 9.17) is 15.2 Å². The number of hydrogen-bond acceptors (Lipinski definition) is 11. The number of aliphatic hydroxyl groups is 2. The Hall–Kier alpha value is -4.77. The van der Waals surface area contributed by atoms with Crippen molar-refractivity contribution in [1.29, 1.82) is 0 Å². The number of rotatable bonds is 12. The first-order valence-corrected chi connectivity index (χ1v) is 17.1. The van der Waals surface area contributed by atoms with Crippen molar-refractivity contribution in [2.45, 2.75) is 121 Å². The average molecular weight is 715 g/mol. The average Bonchev–Trinajstić information content (AvgIpc) is 3.73. The Kier molecular flexibility index (Phi) is 12.3. The van der Waals surface area contributed by atoms with Crippen molar-refractivity contribution in [3.63, 3.8) is 0 Å². The number of primary amides is 1. The zero-order chi connectivity index (χ0) is 37.6. The minimum absolute atomic E-state index is 0.00152. The minimum Gasteiger partial charge on any atom is -0.445 e. The Bertz CT molecular complexity index is 1550. The lowest BCUT2D eigenvalue weighted by Gasteiger charge is -2.41. The summed E-state index contributed by atoms with van der Waals surface area (Å²) in [5.41, 5.74) is 2.93. The zero-order valence-electron chi connectivity index (χ0n) is 29.8. The number of benzene rings is 1. The fraction of sp³-hybridized carbons (Fsp3) is 0.618. The number of carbonyl (C=O) groups excluding carboxylic acids is 5. The molecule has 2 fully saturated rings. The third-order valence-corrected chi connectivity index (χ3v) is 8.98. The standard InChI is InChI=1S/C34H50N8O9/c1-32(2,3)51-31(48)38-23(17-36-30(47)50-20-21-12-8-6-9-13-21)29(46)41-19-22(42-25(18-37-40-42)33(4,5)49)16-24(41)28(45)39-34(26(43)27(35)44)14-10-7-11-15-34/h6,8-9,12-13,18,22-24,26,43,49H,7,10-11,14-17,19-20H2,1-5H3,(H2,35,44)(H,36,47)(H,38,48)(H,39,45)/t22-,23+,24-,26?/m0/s1. The van der Waals surface area contributed by atoms with Crippen LogP contribution in [-0.2, 0) is 36.1 Å². The number of nitrogens with two attached hydrogens (primary N) is 1. The summed E-state index contributed by atoms with van der Waals surface area (Å²) in [4.78, 5) is 67.7. The van der Waals surface area contributed by atoms with E-state index in [1.165, 1.54) is 15.8 Å². The van der Waals surface area contributed by atoms with Crippen LogP contribution in [0.5, 0.6) is 0 Å². The van der Waals surface area contributed by atoms with Crippen molar-refractivity contribution >= 4 is 29.9 Å². The largest absolute Gasteiger partial charge is 0.445 e. The fourth-order valence-electron chi connectivity index (χ4n) is 6.49. The summed E-state index contributed by atoms with van der Waals surface area (Å²) in [7, 11) is 0. The summed E-state index contributed by atoms with van der Waals surface area (Å²) in [6.45, 7) is 7.46. The van der Waals surface area contributed by atoms with E-state index < -0.39 is 77.4 Å². The van der Waals surface area contributed by atoms with Crippen LogP contribution in [0.1, 0.15) is 90.4 Å². The van der Waals surface area contributed by atoms with Crippen LogP contribution < -0.4 is 21.7 Å². The molecular formula is C34H50N8O9. The lowest BCUT2D eigenvalue weighted by molar-refractivity contribution is -0.143. The van der Waals surface area contributed by atoms with Gasteiger partial charge in [0.2, 0.25) is 17.7 Å². The van der Waals surface area contributed by atoms with Crippen LogP contribution in [0.4, 0.5) is 9.59 Å². The molecule has 0 bridgehead atoms. The van der Waals surface area contributed by atoms with Gasteiger partial charge >= 0.3 is 12.2 Å². The van der Waals surface area contributed by atoms with Crippen LogP contribution in [0.2, 0.25) is 0 Å². The van der Waals surface area contributed by atoms with Gasteiger partial charge in [-0.3, -0.25) is 14.4 Å². The van der Waals surface area contributed by atoms with Crippen molar-refractivity contribution in [3.05, 3.63) is 47.8 Å². The summed E-state index contributed by atoms with van der Waals surface area (Å²) in [5, 5.41) is 37.7. The molecule has 280 valence electrons. The van der Waals surface area contributed by atoms with Crippen molar-refractivity contribution in [1.82, 2.24) is 35.8 Å². The molecule has 4 rings (SSSR count). The van der Waals surface area contributed by atoms with Crippen molar-refractivity contribution < 1.29 is 43.7 Å². The van der Waals surface area contributed by atoms with Gasteiger partial charge in [-0.05, 0) is 53.0 Å². The molecule has 2 heterocycles. The number of likely N-dealkylation sites (tertiary alicyclic amines) is 1. The van der Waals surface area contributed by atoms with Crippen molar-refractivity contribution in [2.75, 3.05) is 13.1 Å². The highest BCUT2D eigenvalue weighted by Crippen LogP contribution is 2.35. The number of alkyl carbamates (subject to hydrolysis) is 2. The number of carbonyl (C=O) groups is 5. The molecule has 1 aromatic heterocycles. The summed E-state index contributed by atoms with van der Waals surface area (Å²) in [6, 6.07) is 5.66. The number of nitrogens with zero attached hydrogens (tertiary/aromatic N) is 4. The maximum Gasteiger partial charge on any atom is 0.408 e. The molecule has 2 aliphatic rings. The summed E-state index contributed by atoms with van der Waals surface area (Å²) >= 11 is 0. The maximum absolute atomic E-state index is 14.4. The predicted octanol–water partition coefficient (Wildman–Crippen LogP) is 1.13. The Labute approximate surface area is 296 Å². The first kappa shape index (κ1) is 39.0. The second-order valence-corrected chi connectivity index (χ2v) is 14.7. The molecule has 17 nitrogen and oxygen atoms in total. The Morgan fingerprint density at radius 3 is 2.31 bits per heavy atom. The van der Waals surface area contributed by atoms with E-state index in [0.717, 1.165) is 12.0 Å². The highest BCUT2D eigenvalue weighted by Gasteiger charge is 2.49. The summed E-state index contributed by atoms with van der Waals surface area (Å²) in [6.07, 6.45) is 0.586. The normalized spacial score (nSPS) is 20.1. The molecule has 17 heteroatoms. The minimum atomic E-state index is -1.67. The molecule has 4 atom stereocenters. The van der Waals surface area contributed by atoms with Crippen LogP contribution in [-0.4, -0.2) is 102 Å². The summed E-state index contributed by atoms with van der Waals surface area (Å²) in [5.74, 6) is -2.40. The third kappa shape index (κ3) is 10.2. The molecule has 51 heavy (non-hydrogen) atoms. The second-order valence-electron chi connectivity index (χ2n) is 14.7. The lowest BCUT2D eigenvalue weighted by Crippen LogP contribution is -2.64. The maximum atomic E-state index is 14.4. The van der Waals surface area contributed by atoms with E-state index in [0.29, 0.717) is 18.5 Å². The van der Waals surface area contributed by atoms with Gasteiger partial charge < -0.3 is 46.3 Å². The molecule has 1 aliphatic heterocycles. The number of ether oxygens (including phenoxy) is 2. The third-order valence-electron chi connectivity index (χ3n) is 8.98. The van der Waals surface area contributed by atoms with Gasteiger partial charge in [0.1, 0.15) is 29.9 Å². The summed E-state index contributed by atoms with van der Waals surface area (Å²) < 4.78 is 12.1. The first-order valence-electron chi connectivity index (χ1n) is 17.1. The van der Waals surface area contributed by atoms with E-state index in [1.54, 1.807) is 58.9 Å². The van der Waals surface area contributed by atoms with Gasteiger partial charge in [0.05, 0.1) is 30.0 Å². The second kappa shape index (κ2) is 16.1. The Balaban J connectivity index is 1.63. The van der Waals surface area contributed by atoms with E-state index in [-0.39, 0.29) is 32.4 Å². The van der Waals surface area contributed by atoms with Gasteiger partial charge in [0.25, 0.3) is 0 Å². The highest BCUT2D eigenvalue weighted by molar-refractivity contribution is 5.93. The Morgan fingerprint density at radius 2 is 1.71 bits per heavy atom. The molecule has 1 aliphatic carbocycles. The number of nitrogens with one attached hydrogen (secondary N) is 3. The molecule has 0 spiro atoms. The molecule has 1 aromatic carbocycles. The molecule has 1 saturated heterocycles. The lowest BCUT2D eigenvalue weighted by atomic mass is 9.77. The van der Waals surface area contributed by atoms with Crippen LogP contribution in [0.25, 0.3) is 0 Å². The number of aromatic nitrogens is 3. The topological polar surface area (TPSA) is 240 Å². The fourth-order valence-corrected chi connectivity index (χ4v) is 6.49. The van der Waals surface area contributed by atoms with Gasteiger partial charge in [0, 0.05) is 13.0 Å². The van der Waals surface area contributed by atoms with Gasteiger partial charge in [0.15, 0.2) is 6.10 Å². The highest BCUT2D eigenvalue weighted by atomic mass is 16.6. The SMILES string of the molecule is CC(C)(C)OC(=O)N[C@H](CNC(=O)OCc1ccccc1)C(=O)N1C[C@@H](n2nncc2C(C)(C)O)C[C@H]1C(=O)NC1(C(O)C(N)=O)CCCCC1. The van der Waals surface area contributed by atoms with E-state index in [2.05, 4.69) is 26.3 Å². The van der Waals surface area contributed by atoms with Crippen LogP contribution in [0, 0.1) is 0 Å². The molecule has 1 saturated carbocycles. The van der Waals surface area contributed by atoms with Crippen LogP contribution >= 0.6 is 0 Å². The molecule has 5 amide bonds. The van der Waals surface area contributed by atoms with Crippen molar-refractivity contribution in [2.24, 2.45) is 5.73 Å². The Morgan fingerprint density at radius 1 is 1.04 bits per heavy atom. The van der Waals surface area contributed by atoms with Gasteiger partial charge in [-0.25, -0.2) is 14.3 Å². The molecule has 7 N–H and O–H groups in total. The molecule has 2 aromatic rings. The van der Waals surface area contributed by atoms with Crippen LogP contribution in [0.3, 0.4) is 0 Å². The van der Waals surface area contributed by atoms with E-state index in [1.807, 2.05) is 6.07 Å². The van der Waals surface area contributed by atoms with E-state index >= 15 is 0 Å². The van der Waals surface area contributed by atoms with Gasteiger partial charge in [-0.15, -0.1) is 5.10 Å². The zero-order valence-corrected chi connectivity index (χ0v) is 29.8. The van der Waals surface area contributed by atoms with Gasteiger partial charge in [-0.2, -0.15) is 0 Å². The smallest absolute Gasteiger partial charge is 0.408 e. The number of aliphatic hydroxyl groups excluding tert-OH is 1. The first-order chi connectivity index (χ1) is 23.9. The van der Waals surface area contributed by atoms with Crippen molar-refractivity contribution in [3.8, 4) is 0 Å². The predicted molar refractivity (Wildman–Crippen MR) is 181 cm³/mol. The molecular weight excluding hydrogens is 664 g/mol. The number of amides is 5. The monoisotopic (exact) mass is 714 g/mol. The number of hydrogen-bond donors (Lipinski definition) is 6. The van der Waals surface area contributed by atoms with E-state index in [9.17, 15) is 34.2 Å². The van der Waals surface area contributed by atoms with Crippen LogP contribution in [0.15, 0.2) is 36.5 Å².